The van der Waals surface area contributed by atoms with Gasteiger partial charge in [-0.1, -0.05) is 30.3 Å². The van der Waals surface area contributed by atoms with E-state index in [4.69, 9.17) is 5.73 Å². The lowest BCUT2D eigenvalue weighted by molar-refractivity contribution is -0.133. The van der Waals surface area contributed by atoms with E-state index >= 15 is 0 Å². The van der Waals surface area contributed by atoms with Crippen LogP contribution in [0.25, 0.3) is 0 Å². The van der Waals surface area contributed by atoms with Crippen molar-refractivity contribution >= 4 is 24.2 Å². The Kier molecular flexibility index (Phi) is 7.48. The molecule has 0 bridgehead atoms. The average molecular weight is 410 g/mol. The Morgan fingerprint density at radius 1 is 0.964 bits per heavy atom. The zero-order valence-corrected chi connectivity index (χ0v) is 16.0. The number of nitrogens with zero attached hydrogens (tertiary/aromatic N) is 2. The first kappa shape index (κ1) is 21.8. The minimum Gasteiger partial charge on any atom is -0.339 e. The molecule has 0 radical (unpaired) electrons. The predicted molar refractivity (Wildman–Crippen MR) is 104 cm³/mol. The largest absolute Gasteiger partial charge is 0.339 e. The second kappa shape index (κ2) is 9.61. The van der Waals surface area contributed by atoms with Gasteiger partial charge in [0.2, 0.25) is 5.91 Å². The maximum atomic E-state index is 13.8. The summed E-state index contributed by atoms with van der Waals surface area (Å²) in [5.74, 6) is -2.19. The van der Waals surface area contributed by atoms with E-state index in [-0.39, 0.29) is 36.3 Å². The SMILES string of the molecule is Cl.NC(CC(=O)N1CCN(C(=O)c2ccc(F)cc2F)CC1)c1ccccc1. The second-order valence-electron chi connectivity index (χ2n) is 6.52. The molecule has 2 N–H and O–H groups in total. The summed E-state index contributed by atoms with van der Waals surface area (Å²) in [4.78, 5) is 28.0. The molecular formula is C20H22ClF2N3O2. The van der Waals surface area contributed by atoms with E-state index in [9.17, 15) is 18.4 Å². The summed E-state index contributed by atoms with van der Waals surface area (Å²) >= 11 is 0. The number of piperazine rings is 1. The van der Waals surface area contributed by atoms with Gasteiger partial charge in [-0.25, -0.2) is 8.78 Å². The zero-order valence-electron chi connectivity index (χ0n) is 15.2. The molecule has 8 heteroatoms. The van der Waals surface area contributed by atoms with E-state index in [1.54, 1.807) is 4.90 Å². The minimum atomic E-state index is -0.882. The Morgan fingerprint density at radius 3 is 2.18 bits per heavy atom. The van der Waals surface area contributed by atoms with Crippen LogP contribution < -0.4 is 5.73 Å². The lowest BCUT2D eigenvalue weighted by atomic mass is 10.0. The van der Waals surface area contributed by atoms with Crippen LogP contribution in [-0.4, -0.2) is 47.8 Å². The van der Waals surface area contributed by atoms with Gasteiger partial charge in [-0.15, -0.1) is 12.4 Å². The fourth-order valence-corrected chi connectivity index (χ4v) is 3.13. The van der Waals surface area contributed by atoms with Crippen molar-refractivity contribution in [3.63, 3.8) is 0 Å². The van der Waals surface area contributed by atoms with Crippen LogP contribution in [0.3, 0.4) is 0 Å². The highest BCUT2D eigenvalue weighted by molar-refractivity contribution is 5.94. The van der Waals surface area contributed by atoms with E-state index in [1.165, 1.54) is 4.90 Å². The van der Waals surface area contributed by atoms with Crippen molar-refractivity contribution < 1.29 is 18.4 Å². The molecule has 1 unspecified atom stereocenters. The maximum Gasteiger partial charge on any atom is 0.256 e. The number of nitrogens with two attached hydrogens (primary N) is 1. The molecule has 1 atom stereocenters. The molecule has 1 fully saturated rings. The van der Waals surface area contributed by atoms with Crippen LogP contribution in [0.2, 0.25) is 0 Å². The highest BCUT2D eigenvalue weighted by atomic mass is 35.5. The molecule has 1 aliphatic heterocycles. The van der Waals surface area contributed by atoms with Gasteiger partial charge in [0.1, 0.15) is 11.6 Å². The minimum absolute atomic E-state index is 0. The number of carbonyl (C=O) groups is 2. The molecule has 1 saturated heterocycles. The van der Waals surface area contributed by atoms with Crippen molar-refractivity contribution in [3.8, 4) is 0 Å². The van der Waals surface area contributed by atoms with E-state index < -0.39 is 17.5 Å². The number of halogens is 3. The van der Waals surface area contributed by atoms with Crippen LogP contribution in [0.15, 0.2) is 48.5 Å². The first-order valence-electron chi connectivity index (χ1n) is 8.78. The summed E-state index contributed by atoms with van der Waals surface area (Å²) in [5.41, 5.74) is 6.83. The summed E-state index contributed by atoms with van der Waals surface area (Å²) in [7, 11) is 0. The lowest BCUT2D eigenvalue weighted by Gasteiger charge is -2.35. The van der Waals surface area contributed by atoms with Gasteiger partial charge >= 0.3 is 0 Å². The molecule has 1 aliphatic rings. The number of hydrogen-bond donors (Lipinski definition) is 1. The fourth-order valence-electron chi connectivity index (χ4n) is 3.13. The summed E-state index contributed by atoms with van der Waals surface area (Å²) in [6.45, 7) is 1.30. The molecular weight excluding hydrogens is 388 g/mol. The van der Waals surface area contributed by atoms with E-state index in [1.807, 2.05) is 30.3 Å². The fraction of sp³-hybridized carbons (Fsp3) is 0.300. The molecule has 0 spiro atoms. The molecule has 0 aromatic heterocycles. The van der Waals surface area contributed by atoms with Gasteiger partial charge in [-0.3, -0.25) is 9.59 Å². The monoisotopic (exact) mass is 409 g/mol. The van der Waals surface area contributed by atoms with Crippen LogP contribution in [-0.2, 0) is 4.79 Å². The molecule has 0 saturated carbocycles. The van der Waals surface area contributed by atoms with E-state index in [0.717, 1.165) is 17.7 Å². The van der Waals surface area contributed by atoms with Gasteiger partial charge in [-0.05, 0) is 17.7 Å². The molecule has 28 heavy (non-hydrogen) atoms. The molecule has 2 aromatic carbocycles. The molecule has 2 aromatic rings. The number of hydrogen-bond acceptors (Lipinski definition) is 3. The molecule has 1 heterocycles. The summed E-state index contributed by atoms with van der Waals surface area (Å²) < 4.78 is 26.8. The Hall–Kier alpha value is -2.51. The van der Waals surface area contributed by atoms with Gasteiger partial charge in [0.25, 0.3) is 5.91 Å². The van der Waals surface area contributed by atoms with Gasteiger partial charge in [-0.2, -0.15) is 0 Å². The number of rotatable bonds is 4. The number of amides is 2. The number of benzene rings is 2. The number of carbonyl (C=O) groups excluding carboxylic acids is 2. The topological polar surface area (TPSA) is 66.6 Å². The van der Waals surface area contributed by atoms with Crippen molar-refractivity contribution in [2.24, 2.45) is 5.73 Å². The summed E-state index contributed by atoms with van der Waals surface area (Å²) in [5, 5.41) is 0. The molecule has 150 valence electrons. The standard InChI is InChI=1S/C20H21F2N3O2.ClH/c21-15-6-7-16(17(22)12-15)20(27)25-10-8-24(9-11-25)19(26)13-18(23)14-4-2-1-3-5-14;/h1-7,12,18H,8-11,13,23H2;1H. The van der Waals surface area contributed by atoms with Crippen molar-refractivity contribution in [1.29, 1.82) is 0 Å². The highest BCUT2D eigenvalue weighted by Gasteiger charge is 2.27. The van der Waals surface area contributed by atoms with Crippen LogP contribution in [0.5, 0.6) is 0 Å². The Labute approximate surface area is 168 Å². The predicted octanol–water partition coefficient (Wildman–Crippen LogP) is 2.76. The Bertz CT molecular complexity index is 827. The van der Waals surface area contributed by atoms with Gasteiger partial charge in [0, 0.05) is 44.7 Å². The quantitative estimate of drug-likeness (QED) is 0.844. The van der Waals surface area contributed by atoms with Crippen LogP contribution in [0, 0.1) is 11.6 Å². The smallest absolute Gasteiger partial charge is 0.256 e. The first-order chi connectivity index (χ1) is 13.0. The van der Waals surface area contributed by atoms with Crippen LogP contribution >= 0.6 is 12.4 Å². The van der Waals surface area contributed by atoms with Gasteiger partial charge < -0.3 is 15.5 Å². The molecule has 3 rings (SSSR count). The highest BCUT2D eigenvalue weighted by Crippen LogP contribution is 2.17. The van der Waals surface area contributed by atoms with Crippen molar-refractivity contribution in [2.45, 2.75) is 12.5 Å². The third-order valence-corrected chi connectivity index (χ3v) is 4.70. The van der Waals surface area contributed by atoms with E-state index in [0.29, 0.717) is 32.2 Å². The lowest BCUT2D eigenvalue weighted by Crippen LogP contribution is -2.51. The third kappa shape index (κ3) is 5.05. The Morgan fingerprint density at radius 2 is 1.57 bits per heavy atom. The second-order valence-corrected chi connectivity index (χ2v) is 6.52. The first-order valence-corrected chi connectivity index (χ1v) is 8.78. The van der Waals surface area contributed by atoms with E-state index in [2.05, 4.69) is 0 Å². The van der Waals surface area contributed by atoms with Gasteiger partial charge in [0.15, 0.2) is 0 Å². The molecule has 0 aliphatic carbocycles. The maximum absolute atomic E-state index is 13.8. The van der Waals surface area contributed by atoms with Gasteiger partial charge in [0.05, 0.1) is 5.56 Å². The average Bonchev–Trinajstić information content (AvgIpc) is 2.68. The van der Waals surface area contributed by atoms with Crippen LogP contribution in [0.1, 0.15) is 28.4 Å². The summed E-state index contributed by atoms with van der Waals surface area (Å²) in [6.07, 6.45) is 0.185. The Balaban J connectivity index is 0.00000280. The zero-order chi connectivity index (χ0) is 19.4. The van der Waals surface area contributed by atoms with Crippen molar-refractivity contribution in [1.82, 2.24) is 9.80 Å². The molecule has 5 nitrogen and oxygen atoms in total. The third-order valence-electron chi connectivity index (χ3n) is 4.70. The molecule has 2 amide bonds. The van der Waals surface area contributed by atoms with Crippen molar-refractivity contribution in [2.75, 3.05) is 26.2 Å². The summed E-state index contributed by atoms with van der Waals surface area (Å²) in [6, 6.07) is 11.9. The van der Waals surface area contributed by atoms with Crippen LogP contribution in [0.4, 0.5) is 8.78 Å². The van der Waals surface area contributed by atoms with Crippen molar-refractivity contribution in [3.05, 3.63) is 71.3 Å². The normalized spacial score (nSPS) is 15.0.